The zero-order valence-electron chi connectivity index (χ0n) is 14.6. The Morgan fingerprint density at radius 2 is 1.73 bits per heavy atom. The van der Waals surface area contributed by atoms with Crippen molar-refractivity contribution in [3.05, 3.63) is 35.4 Å². The van der Waals surface area contributed by atoms with Gasteiger partial charge in [-0.15, -0.1) is 0 Å². The summed E-state index contributed by atoms with van der Waals surface area (Å²) in [6.07, 6.45) is 1.23. The molecule has 4 rings (SSSR count). The van der Waals surface area contributed by atoms with Gasteiger partial charge < -0.3 is 11.1 Å². The zero-order chi connectivity index (χ0) is 18.5. The van der Waals surface area contributed by atoms with Crippen LogP contribution in [0.3, 0.4) is 0 Å². The molecule has 3 aliphatic rings. The minimum Gasteiger partial charge on any atom is -0.352 e. The van der Waals surface area contributed by atoms with E-state index < -0.39 is 11.7 Å². The van der Waals surface area contributed by atoms with Crippen molar-refractivity contribution in [3.8, 4) is 0 Å². The maximum absolute atomic E-state index is 13.2. The number of carbonyl (C=O) groups excluding carboxylic acids is 1. The van der Waals surface area contributed by atoms with Gasteiger partial charge in [-0.05, 0) is 55.6 Å². The van der Waals surface area contributed by atoms with Crippen molar-refractivity contribution in [2.24, 2.45) is 23.5 Å². The second-order valence-electron chi connectivity index (χ2n) is 8.24. The van der Waals surface area contributed by atoms with Crippen LogP contribution in [-0.4, -0.2) is 18.0 Å². The first kappa shape index (κ1) is 17.8. The number of amides is 1. The standard InChI is InChI=1S/C20H25F3N2O/c21-20(22,23)16-7-2-1-6-14(16)15-10-17(15)25-19(26)13-8-11-4-3-5-12(9-13)18(11)24/h1-2,6-7,11-13,15,17-18H,3-5,8-10,24H2,(H,25,26). The van der Waals surface area contributed by atoms with E-state index in [1.165, 1.54) is 18.6 Å². The van der Waals surface area contributed by atoms with Crippen LogP contribution in [0.2, 0.25) is 0 Å². The Morgan fingerprint density at radius 3 is 2.38 bits per heavy atom. The fraction of sp³-hybridized carbons (Fsp3) is 0.650. The molecule has 3 aliphatic carbocycles. The van der Waals surface area contributed by atoms with Gasteiger partial charge >= 0.3 is 6.18 Å². The lowest BCUT2D eigenvalue weighted by Gasteiger charge is -2.43. The third kappa shape index (κ3) is 3.36. The van der Waals surface area contributed by atoms with Gasteiger partial charge in [0.1, 0.15) is 0 Å². The van der Waals surface area contributed by atoms with E-state index in [0.717, 1.165) is 31.7 Å². The molecule has 3 saturated carbocycles. The second kappa shape index (κ2) is 6.55. The fourth-order valence-electron chi connectivity index (χ4n) is 5.08. The van der Waals surface area contributed by atoms with E-state index in [9.17, 15) is 18.0 Å². The fourth-order valence-corrected chi connectivity index (χ4v) is 5.08. The molecule has 2 bridgehead atoms. The van der Waals surface area contributed by atoms with Gasteiger partial charge in [-0.3, -0.25) is 4.79 Å². The van der Waals surface area contributed by atoms with Gasteiger partial charge in [-0.1, -0.05) is 24.6 Å². The van der Waals surface area contributed by atoms with Crippen LogP contribution in [0.5, 0.6) is 0 Å². The first-order valence-electron chi connectivity index (χ1n) is 9.56. The Balaban J connectivity index is 1.39. The summed E-state index contributed by atoms with van der Waals surface area (Å²) in [7, 11) is 0. The van der Waals surface area contributed by atoms with E-state index in [1.54, 1.807) is 6.07 Å². The Bertz CT molecular complexity index is 676. The van der Waals surface area contributed by atoms with E-state index in [4.69, 9.17) is 5.73 Å². The van der Waals surface area contributed by atoms with E-state index in [2.05, 4.69) is 5.32 Å². The number of rotatable bonds is 3. The molecule has 142 valence electrons. The molecule has 1 aromatic carbocycles. The number of alkyl halides is 3. The number of carbonyl (C=O) groups is 1. The van der Waals surface area contributed by atoms with Crippen LogP contribution in [0.25, 0.3) is 0 Å². The smallest absolute Gasteiger partial charge is 0.352 e. The summed E-state index contributed by atoms with van der Waals surface area (Å²) in [5, 5.41) is 3.01. The Kier molecular flexibility index (Phi) is 4.49. The first-order valence-corrected chi connectivity index (χ1v) is 9.56. The molecule has 1 aromatic rings. The minimum absolute atomic E-state index is 0.00536. The van der Waals surface area contributed by atoms with Gasteiger partial charge in [0.05, 0.1) is 5.56 Å². The maximum atomic E-state index is 13.2. The van der Waals surface area contributed by atoms with Crippen molar-refractivity contribution in [1.82, 2.24) is 5.32 Å². The lowest BCUT2D eigenvalue weighted by atomic mass is 9.65. The van der Waals surface area contributed by atoms with Gasteiger partial charge in [-0.2, -0.15) is 13.2 Å². The number of hydrogen-bond donors (Lipinski definition) is 2. The number of nitrogens with two attached hydrogens (primary N) is 1. The van der Waals surface area contributed by atoms with Gasteiger partial charge in [0.15, 0.2) is 0 Å². The monoisotopic (exact) mass is 366 g/mol. The molecule has 4 unspecified atom stereocenters. The van der Waals surface area contributed by atoms with Gasteiger partial charge in [0.2, 0.25) is 5.91 Å². The molecule has 6 heteroatoms. The molecule has 3 fully saturated rings. The molecule has 0 saturated heterocycles. The number of benzene rings is 1. The van der Waals surface area contributed by atoms with E-state index in [1.807, 2.05) is 0 Å². The highest BCUT2D eigenvalue weighted by atomic mass is 19.4. The number of fused-ring (bicyclic) bond motifs is 2. The minimum atomic E-state index is -4.36. The average Bonchev–Trinajstić information content (AvgIpc) is 3.32. The third-order valence-electron chi connectivity index (χ3n) is 6.57. The highest BCUT2D eigenvalue weighted by molar-refractivity contribution is 5.79. The van der Waals surface area contributed by atoms with E-state index in [0.29, 0.717) is 23.8 Å². The predicted molar refractivity (Wildman–Crippen MR) is 92.3 cm³/mol. The van der Waals surface area contributed by atoms with Crippen molar-refractivity contribution in [3.63, 3.8) is 0 Å². The molecular formula is C20H25F3N2O. The normalized spacial score (nSPS) is 36.5. The molecule has 1 amide bonds. The summed E-state index contributed by atoms with van der Waals surface area (Å²) in [5.74, 6) is 0.565. The Hall–Kier alpha value is -1.56. The van der Waals surface area contributed by atoms with Crippen LogP contribution in [-0.2, 0) is 11.0 Å². The molecule has 0 radical (unpaired) electrons. The first-order chi connectivity index (χ1) is 12.3. The van der Waals surface area contributed by atoms with Crippen LogP contribution >= 0.6 is 0 Å². The summed E-state index contributed by atoms with van der Waals surface area (Å²) in [4.78, 5) is 12.7. The number of nitrogens with one attached hydrogen (secondary N) is 1. The van der Waals surface area contributed by atoms with Gasteiger partial charge in [0.25, 0.3) is 0 Å². The SMILES string of the molecule is NC1C2CCCC1CC(C(=O)NC1CC1c1ccccc1C(F)(F)F)C2. The summed E-state index contributed by atoms with van der Waals surface area (Å²) in [5.41, 5.74) is 5.99. The molecule has 0 spiro atoms. The lowest BCUT2D eigenvalue weighted by Crippen LogP contribution is -2.49. The Morgan fingerprint density at radius 1 is 1.08 bits per heavy atom. The van der Waals surface area contributed by atoms with Crippen LogP contribution < -0.4 is 11.1 Å². The van der Waals surface area contributed by atoms with Crippen LogP contribution in [0.1, 0.15) is 55.6 Å². The molecule has 0 aromatic heterocycles. The second-order valence-corrected chi connectivity index (χ2v) is 8.24. The van der Waals surface area contributed by atoms with Crippen molar-refractivity contribution in [1.29, 1.82) is 0 Å². The zero-order valence-corrected chi connectivity index (χ0v) is 14.6. The molecule has 26 heavy (non-hydrogen) atoms. The summed E-state index contributed by atoms with van der Waals surface area (Å²) in [6.45, 7) is 0. The number of halogens is 3. The lowest BCUT2D eigenvalue weighted by molar-refractivity contribution is -0.138. The Labute approximate surface area is 151 Å². The van der Waals surface area contributed by atoms with Crippen LogP contribution in [0.4, 0.5) is 13.2 Å². The molecule has 3 nitrogen and oxygen atoms in total. The molecule has 3 N–H and O–H groups in total. The average molecular weight is 366 g/mol. The van der Waals surface area contributed by atoms with Crippen molar-refractivity contribution < 1.29 is 18.0 Å². The highest BCUT2D eigenvalue weighted by Gasteiger charge is 2.46. The van der Waals surface area contributed by atoms with E-state index in [-0.39, 0.29) is 29.8 Å². The molecule has 0 aliphatic heterocycles. The quantitative estimate of drug-likeness (QED) is 0.854. The predicted octanol–water partition coefficient (Wildman–Crippen LogP) is 3.83. The van der Waals surface area contributed by atoms with Gasteiger partial charge in [0, 0.05) is 23.9 Å². The molecule has 4 atom stereocenters. The van der Waals surface area contributed by atoms with Gasteiger partial charge in [-0.25, -0.2) is 0 Å². The largest absolute Gasteiger partial charge is 0.416 e. The highest BCUT2D eigenvalue weighted by Crippen LogP contribution is 2.47. The summed E-state index contributed by atoms with van der Waals surface area (Å²) < 4.78 is 39.6. The topological polar surface area (TPSA) is 55.1 Å². The van der Waals surface area contributed by atoms with E-state index >= 15 is 0 Å². The van der Waals surface area contributed by atoms with Crippen molar-refractivity contribution in [2.45, 2.75) is 62.7 Å². The van der Waals surface area contributed by atoms with Crippen LogP contribution in [0.15, 0.2) is 24.3 Å². The van der Waals surface area contributed by atoms with Crippen molar-refractivity contribution in [2.75, 3.05) is 0 Å². The summed E-state index contributed by atoms with van der Waals surface area (Å²) >= 11 is 0. The molecule has 0 heterocycles. The van der Waals surface area contributed by atoms with Crippen molar-refractivity contribution >= 4 is 5.91 Å². The molecular weight excluding hydrogens is 341 g/mol. The third-order valence-corrected chi connectivity index (χ3v) is 6.57. The summed E-state index contributed by atoms with van der Waals surface area (Å²) in [6, 6.07) is 5.72. The maximum Gasteiger partial charge on any atom is 0.416 e. The number of hydrogen-bond acceptors (Lipinski definition) is 2. The van der Waals surface area contributed by atoms with Crippen LogP contribution in [0, 0.1) is 17.8 Å².